The number of pyridine rings is 2. The first kappa shape index (κ1) is 29.5. The van der Waals surface area contributed by atoms with E-state index in [4.69, 9.17) is 14.5 Å². The van der Waals surface area contributed by atoms with Gasteiger partial charge in [-0.1, -0.05) is 6.07 Å². The molecule has 1 atom stereocenters. The number of hydrogen-bond donors (Lipinski definition) is 2. The molecule has 3 aromatic rings. The largest absolute Gasteiger partial charge is 0.477 e. The van der Waals surface area contributed by atoms with E-state index >= 15 is 0 Å². The molecule has 1 saturated heterocycles. The number of amides is 1. The van der Waals surface area contributed by atoms with Gasteiger partial charge in [0.25, 0.3) is 5.91 Å². The number of aromatic nitrogens is 4. The molecule has 4 bridgehead atoms. The number of alkyl halides is 3. The average Bonchev–Trinajstić information content (AvgIpc) is 3.52. The first-order chi connectivity index (χ1) is 20.5. The van der Waals surface area contributed by atoms with E-state index in [0.717, 1.165) is 18.4 Å². The maximum Gasteiger partial charge on any atom is 0.394 e. The molecule has 1 aliphatic carbocycles. The summed E-state index contributed by atoms with van der Waals surface area (Å²) >= 11 is 1.13. The number of nitrogens with zero attached hydrogens (tertiary/aromatic N) is 5. The molecule has 0 aromatic carbocycles. The molecule has 2 N–H and O–H groups in total. The van der Waals surface area contributed by atoms with Crippen LogP contribution in [0.3, 0.4) is 0 Å². The average molecular weight is 618 g/mol. The molecule has 230 valence electrons. The SMILES string of the molecule is CC1(C)CC2CN1c1nc(-n3ccc(OCCCC4(C(F)(F)F)CC4)n3)ccc1C(=O)NSc1cccc(n1)NCCO2. The molecule has 3 aromatic heterocycles. The summed E-state index contributed by atoms with van der Waals surface area (Å²) in [6.45, 7) is 5.98. The van der Waals surface area contributed by atoms with Crippen LogP contribution in [0.1, 0.15) is 56.3 Å². The second kappa shape index (κ2) is 11.5. The molecule has 2 aliphatic heterocycles. The lowest BCUT2D eigenvalue weighted by Gasteiger charge is -2.33. The Bertz CT molecular complexity index is 1480. The summed E-state index contributed by atoms with van der Waals surface area (Å²) in [5.74, 6) is 1.66. The summed E-state index contributed by atoms with van der Waals surface area (Å²) in [7, 11) is 0. The fourth-order valence-corrected chi connectivity index (χ4v) is 6.27. The third-order valence-electron chi connectivity index (χ3n) is 8.24. The molecule has 2 fully saturated rings. The third kappa shape index (κ3) is 6.40. The molecule has 1 saturated carbocycles. The molecular formula is C29H34F3N7O3S. The Balaban J connectivity index is 1.22. The number of hydrogen-bond acceptors (Lipinski definition) is 9. The van der Waals surface area contributed by atoms with Crippen LogP contribution in [0.4, 0.5) is 24.8 Å². The van der Waals surface area contributed by atoms with Gasteiger partial charge in [0.05, 0.1) is 30.3 Å². The minimum Gasteiger partial charge on any atom is -0.477 e. The molecule has 0 spiro atoms. The zero-order chi connectivity index (χ0) is 30.2. The number of nitrogens with one attached hydrogen (secondary N) is 2. The summed E-state index contributed by atoms with van der Waals surface area (Å²) in [6, 6.07) is 10.6. The molecule has 43 heavy (non-hydrogen) atoms. The van der Waals surface area contributed by atoms with Gasteiger partial charge in [0, 0.05) is 42.8 Å². The van der Waals surface area contributed by atoms with E-state index in [0.29, 0.717) is 60.0 Å². The number of ether oxygens (including phenoxy) is 2. The number of anilines is 2. The molecule has 1 amide bonds. The fraction of sp³-hybridized carbons (Fsp3) is 0.517. The van der Waals surface area contributed by atoms with Crippen molar-refractivity contribution in [3.63, 3.8) is 0 Å². The number of halogens is 3. The zero-order valence-corrected chi connectivity index (χ0v) is 24.8. The molecule has 0 radical (unpaired) electrons. The van der Waals surface area contributed by atoms with Crippen LogP contribution >= 0.6 is 11.9 Å². The van der Waals surface area contributed by atoms with Crippen LogP contribution in [0.2, 0.25) is 0 Å². The Hall–Kier alpha value is -3.52. The van der Waals surface area contributed by atoms with E-state index in [1.165, 1.54) is 4.68 Å². The maximum atomic E-state index is 13.5. The normalized spacial score (nSPS) is 21.2. The van der Waals surface area contributed by atoms with Gasteiger partial charge in [-0.25, -0.2) is 14.6 Å². The van der Waals surface area contributed by atoms with E-state index in [-0.39, 0.29) is 43.4 Å². The number of carbonyl (C=O) groups is 1. The summed E-state index contributed by atoms with van der Waals surface area (Å²) in [6.07, 6.45) is -1.08. The first-order valence-corrected chi connectivity index (χ1v) is 15.2. The van der Waals surface area contributed by atoms with Gasteiger partial charge in [-0.3, -0.25) is 9.52 Å². The van der Waals surface area contributed by atoms with Crippen molar-refractivity contribution in [3.05, 3.63) is 48.2 Å². The van der Waals surface area contributed by atoms with Crippen LogP contribution in [-0.2, 0) is 4.74 Å². The third-order valence-corrected chi connectivity index (χ3v) is 8.97. The second-order valence-corrected chi connectivity index (χ2v) is 12.6. The van der Waals surface area contributed by atoms with Crippen molar-refractivity contribution >= 4 is 29.5 Å². The van der Waals surface area contributed by atoms with E-state index in [9.17, 15) is 18.0 Å². The van der Waals surface area contributed by atoms with Crippen LogP contribution in [-0.4, -0.2) is 69.8 Å². The highest BCUT2D eigenvalue weighted by molar-refractivity contribution is 7.97. The standard InChI is InChI=1S/C29H34F3N7O3S/c1-27(2)17-19-18-38(27)25-20(26(40)37-43-24-6-3-5-21(34-24)33-13-16-41-19)7-8-22(35-25)39-14-9-23(36-39)42-15-4-10-28(11-12-28)29(30,31)32/h3,5-9,14,19H,4,10-13,15-18H2,1-2H3,(H,33,34)(H,37,40). The van der Waals surface area contributed by atoms with Gasteiger partial charge in [0.2, 0.25) is 5.88 Å². The van der Waals surface area contributed by atoms with Crippen LogP contribution in [0, 0.1) is 5.41 Å². The van der Waals surface area contributed by atoms with Crippen molar-refractivity contribution in [2.24, 2.45) is 5.41 Å². The molecule has 14 heteroatoms. The highest BCUT2D eigenvalue weighted by Crippen LogP contribution is 2.60. The van der Waals surface area contributed by atoms with E-state index in [1.54, 1.807) is 24.4 Å². The number of fused-ring (bicyclic) bond motifs is 6. The summed E-state index contributed by atoms with van der Waals surface area (Å²) in [5.41, 5.74) is -1.48. The van der Waals surface area contributed by atoms with E-state index in [1.807, 2.05) is 18.2 Å². The summed E-state index contributed by atoms with van der Waals surface area (Å²) in [5, 5.41) is 8.34. The maximum absolute atomic E-state index is 13.5. The molecule has 10 nitrogen and oxygen atoms in total. The molecule has 5 heterocycles. The minimum absolute atomic E-state index is 0.0538. The quantitative estimate of drug-likeness (QED) is 0.278. The Kier molecular flexibility index (Phi) is 7.92. The van der Waals surface area contributed by atoms with Crippen LogP contribution in [0.5, 0.6) is 5.88 Å². The first-order valence-electron chi connectivity index (χ1n) is 14.4. The van der Waals surface area contributed by atoms with Crippen LogP contribution in [0.25, 0.3) is 5.82 Å². The smallest absolute Gasteiger partial charge is 0.394 e. The van der Waals surface area contributed by atoms with Gasteiger partial charge < -0.3 is 19.7 Å². The highest BCUT2D eigenvalue weighted by Gasteiger charge is 2.62. The fourth-order valence-electron chi connectivity index (χ4n) is 5.67. The van der Waals surface area contributed by atoms with Gasteiger partial charge in [0.1, 0.15) is 16.7 Å². The Morgan fingerprint density at radius 1 is 1.16 bits per heavy atom. The van der Waals surface area contributed by atoms with Gasteiger partial charge >= 0.3 is 6.18 Å². The Morgan fingerprint density at radius 3 is 2.79 bits per heavy atom. The monoisotopic (exact) mass is 617 g/mol. The molecular weight excluding hydrogens is 583 g/mol. The van der Waals surface area contributed by atoms with Crippen LogP contribution < -0.4 is 19.7 Å². The predicted molar refractivity (Wildman–Crippen MR) is 156 cm³/mol. The Labute approximate surface area is 251 Å². The second-order valence-electron chi connectivity index (χ2n) is 11.8. The molecule has 3 aliphatic rings. The Morgan fingerprint density at radius 2 is 2.00 bits per heavy atom. The van der Waals surface area contributed by atoms with Crippen molar-refractivity contribution in [1.82, 2.24) is 24.5 Å². The lowest BCUT2D eigenvalue weighted by molar-refractivity contribution is -0.189. The molecule has 1 unspecified atom stereocenters. The van der Waals surface area contributed by atoms with Crippen molar-refractivity contribution in [1.29, 1.82) is 0 Å². The lowest BCUT2D eigenvalue weighted by atomic mass is 10.0. The van der Waals surface area contributed by atoms with Gasteiger partial charge in [-0.05, 0) is 70.2 Å². The van der Waals surface area contributed by atoms with Crippen molar-refractivity contribution < 1.29 is 27.4 Å². The lowest BCUT2D eigenvalue weighted by Crippen LogP contribution is -2.40. The van der Waals surface area contributed by atoms with Gasteiger partial charge in [-0.2, -0.15) is 13.2 Å². The summed E-state index contributed by atoms with van der Waals surface area (Å²) in [4.78, 5) is 25.0. The molecule has 6 rings (SSSR count). The summed E-state index contributed by atoms with van der Waals surface area (Å²) < 4.78 is 55.9. The van der Waals surface area contributed by atoms with Gasteiger partial charge in [-0.15, -0.1) is 5.10 Å². The van der Waals surface area contributed by atoms with Crippen molar-refractivity contribution in [2.45, 2.75) is 68.8 Å². The predicted octanol–water partition coefficient (Wildman–Crippen LogP) is 5.40. The van der Waals surface area contributed by atoms with Crippen molar-refractivity contribution in [3.8, 4) is 11.7 Å². The van der Waals surface area contributed by atoms with E-state index in [2.05, 4.69) is 38.9 Å². The zero-order valence-electron chi connectivity index (χ0n) is 24.0. The van der Waals surface area contributed by atoms with Crippen LogP contribution in [0.15, 0.2) is 47.6 Å². The van der Waals surface area contributed by atoms with Gasteiger partial charge in [0.15, 0.2) is 5.82 Å². The highest BCUT2D eigenvalue weighted by atomic mass is 32.2. The minimum atomic E-state index is -4.16. The number of carbonyl (C=O) groups excluding carboxylic acids is 1. The van der Waals surface area contributed by atoms with Crippen molar-refractivity contribution in [2.75, 3.05) is 36.5 Å². The number of rotatable bonds is 6. The topological polar surface area (TPSA) is 106 Å². The van der Waals surface area contributed by atoms with E-state index < -0.39 is 11.6 Å².